The minimum Gasteiger partial charge on any atom is -0.513 e. The summed E-state index contributed by atoms with van der Waals surface area (Å²) in [4.78, 5) is 24.0. The molecule has 1 amide bonds. The van der Waals surface area contributed by atoms with E-state index >= 15 is 0 Å². The minimum atomic E-state index is -0.736. The van der Waals surface area contributed by atoms with Crippen molar-refractivity contribution in [2.24, 2.45) is 0 Å². The Morgan fingerprint density at radius 1 is 1.42 bits per heavy atom. The Morgan fingerprint density at radius 2 is 2.05 bits per heavy atom. The van der Waals surface area contributed by atoms with E-state index < -0.39 is 5.97 Å². The van der Waals surface area contributed by atoms with E-state index in [2.05, 4.69) is 0 Å². The average Bonchev–Trinajstić information content (AvgIpc) is 2.45. The molecule has 1 atom stereocenters. The number of nitrogens with zero attached hydrogens (tertiary/aromatic N) is 1. The lowest BCUT2D eigenvalue weighted by Crippen LogP contribution is -2.30. The van der Waals surface area contributed by atoms with Crippen molar-refractivity contribution < 1.29 is 19.4 Å². The molecule has 0 saturated carbocycles. The predicted molar refractivity (Wildman–Crippen MR) is 70.1 cm³/mol. The van der Waals surface area contributed by atoms with Gasteiger partial charge in [-0.05, 0) is 19.4 Å². The number of esters is 1. The van der Waals surface area contributed by atoms with Gasteiger partial charge in [0.1, 0.15) is 6.26 Å². The lowest BCUT2D eigenvalue weighted by molar-refractivity contribution is -0.142. The Hall–Kier alpha value is -2.30. The zero-order chi connectivity index (χ0) is 14.3. The smallest absolute Gasteiger partial charge is 0.358 e. The second-order valence-electron chi connectivity index (χ2n) is 3.83. The van der Waals surface area contributed by atoms with Crippen LogP contribution in [0.5, 0.6) is 0 Å². The first-order chi connectivity index (χ1) is 9.15. The summed E-state index contributed by atoms with van der Waals surface area (Å²) in [5.41, 5.74) is 0.659. The zero-order valence-corrected chi connectivity index (χ0v) is 10.9. The predicted octanol–water partition coefficient (Wildman–Crippen LogP) is 2.17. The van der Waals surface area contributed by atoms with Crippen LogP contribution in [0.1, 0.15) is 25.5 Å². The van der Waals surface area contributed by atoms with Gasteiger partial charge in [-0.3, -0.25) is 9.69 Å². The normalized spacial score (nSPS) is 12.6. The van der Waals surface area contributed by atoms with Crippen LogP contribution in [0.4, 0.5) is 0 Å². The Bertz CT molecular complexity index is 456. The van der Waals surface area contributed by atoms with E-state index in [0.717, 1.165) is 10.5 Å². The number of aliphatic hydroxyl groups is 1. The van der Waals surface area contributed by atoms with E-state index in [9.17, 15) is 9.59 Å². The molecule has 1 aromatic rings. The topological polar surface area (TPSA) is 66.8 Å². The maximum Gasteiger partial charge on any atom is 0.358 e. The van der Waals surface area contributed by atoms with Gasteiger partial charge >= 0.3 is 5.97 Å². The van der Waals surface area contributed by atoms with Crippen molar-refractivity contribution in [3.63, 3.8) is 0 Å². The minimum absolute atomic E-state index is 0.169. The van der Waals surface area contributed by atoms with Gasteiger partial charge in [0.15, 0.2) is 5.70 Å². The summed E-state index contributed by atoms with van der Waals surface area (Å²) in [7, 11) is 0. The third-order valence-corrected chi connectivity index (χ3v) is 2.70. The number of hydrogen-bond acceptors (Lipinski definition) is 4. The Balaban J connectivity index is 2.99. The summed E-state index contributed by atoms with van der Waals surface area (Å²) in [6, 6.07) is 8.81. The summed E-state index contributed by atoms with van der Waals surface area (Å²) in [6.45, 7) is 3.58. The second-order valence-corrected chi connectivity index (χ2v) is 3.83. The molecule has 0 heterocycles. The number of rotatable bonds is 6. The number of hydrogen-bond donors (Lipinski definition) is 1. The molecule has 1 N–H and O–H groups in total. The standard InChI is InChI=1S/C14H17NO4/c1-3-19-14(18)13(9-16)15(10-17)11(2)12-7-5-4-6-8-12/h4-11,16H,3H2,1-2H3/b13-9-/t11-/m0/s1. The molecule has 0 saturated heterocycles. The first-order valence-corrected chi connectivity index (χ1v) is 5.95. The van der Waals surface area contributed by atoms with Crippen LogP contribution < -0.4 is 0 Å². The lowest BCUT2D eigenvalue weighted by atomic mass is 10.1. The van der Waals surface area contributed by atoms with Crippen LogP contribution in [0.25, 0.3) is 0 Å². The third-order valence-electron chi connectivity index (χ3n) is 2.70. The number of carbonyl (C=O) groups is 2. The highest BCUT2D eigenvalue weighted by Crippen LogP contribution is 2.22. The summed E-state index contributed by atoms with van der Waals surface area (Å²) in [5.74, 6) is -0.736. The maximum absolute atomic E-state index is 11.7. The molecule has 1 aromatic carbocycles. The summed E-state index contributed by atoms with van der Waals surface area (Å²) in [6.07, 6.45) is 1.09. The van der Waals surface area contributed by atoms with Crippen LogP contribution in [-0.4, -0.2) is 29.0 Å². The van der Waals surface area contributed by atoms with E-state index in [4.69, 9.17) is 9.84 Å². The highest BCUT2D eigenvalue weighted by Gasteiger charge is 2.24. The third kappa shape index (κ3) is 3.58. The molecule has 0 aliphatic carbocycles. The van der Waals surface area contributed by atoms with Gasteiger partial charge in [-0.1, -0.05) is 30.3 Å². The van der Waals surface area contributed by atoms with Crippen molar-refractivity contribution in [2.75, 3.05) is 6.61 Å². The lowest BCUT2D eigenvalue weighted by Gasteiger charge is -2.25. The Morgan fingerprint density at radius 3 is 2.53 bits per heavy atom. The van der Waals surface area contributed by atoms with E-state index in [1.807, 2.05) is 30.3 Å². The molecular formula is C14H17NO4. The first kappa shape index (κ1) is 14.8. The van der Waals surface area contributed by atoms with Crippen LogP contribution in [0.2, 0.25) is 0 Å². The van der Waals surface area contributed by atoms with E-state index in [1.165, 1.54) is 0 Å². The highest BCUT2D eigenvalue weighted by atomic mass is 16.5. The number of aliphatic hydroxyl groups excluding tert-OH is 1. The number of carbonyl (C=O) groups excluding carboxylic acids is 2. The largest absolute Gasteiger partial charge is 0.513 e. The Labute approximate surface area is 112 Å². The molecule has 0 unspecified atom stereocenters. The van der Waals surface area contributed by atoms with Gasteiger partial charge in [0, 0.05) is 0 Å². The van der Waals surface area contributed by atoms with Gasteiger partial charge in [0.05, 0.1) is 12.6 Å². The van der Waals surface area contributed by atoms with E-state index in [0.29, 0.717) is 12.7 Å². The number of amides is 1. The summed E-state index contributed by atoms with van der Waals surface area (Å²) >= 11 is 0. The quantitative estimate of drug-likeness (QED) is 0.369. The molecule has 0 aliphatic rings. The highest BCUT2D eigenvalue weighted by molar-refractivity contribution is 5.90. The molecule has 0 bridgehead atoms. The molecule has 5 heteroatoms. The average molecular weight is 263 g/mol. The van der Waals surface area contributed by atoms with Gasteiger partial charge in [0.25, 0.3) is 0 Å². The van der Waals surface area contributed by atoms with Crippen molar-refractivity contribution in [2.45, 2.75) is 19.9 Å². The number of ether oxygens (including phenoxy) is 1. The fourth-order valence-corrected chi connectivity index (χ4v) is 1.68. The molecular weight excluding hydrogens is 246 g/mol. The van der Waals surface area contributed by atoms with Gasteiger partial charge in [0.2, 0.25) is 6.41 Å². The Kier molecular flexibility index (Phi) is 5.60. The number of benzene rings is 1. The van der Waals surface area contributed by atoms with Gasteiger partial charge in [-0.2, -0.15) is 0 Å². The van der Waals surface area contributed by atoms with Gasteiger partial charge in [-0.25, -0.2) is 4.79 Å². The van der Waals surface area contributed by atoms with Crippen molar-refractivity contribution >= 4 is 12.4 Å². The summed E-state index contributed by atoms with van der Waals surface area (Å²) < 4.78 is 4.80. The molecule has 5 nitrogen and oxygen atoms in total. The van der Waals surface area contributed by atoms with Crippen LogP contribution >= 0.6 is 0 Å². The fourth-order valence-electron chi connectivity index (χ4n) is 1.68. The first-order valence-electron chi connectivity index (χ1n) is 5.95. The van der Waals surface area contributed by atoms with Gasteiger partial charge < -0.3 is 9.84 Å². The van der Waals surface area contributed by atoms with Crippen LogP contribution in [0.15, 0.2) is 42.3 Å². The molecule has 0 spiro atoms. The molecule has 1 rings (SSSR count). The molecule has 0 radical (unpaired) electrons. The van der Waals surface area contributed by atoms with E-state index in [-0.39, 0.29) is 18.3 Å². The van der Waals surface area contributed by atoms with Gasteiger partial charge in [-0.15, -0.1) is 0 Å². The van der Waals surface area contributed by atoms with E-state index in [1.54, 1.807) is 13.8 Å². The molecule has 0 aliphatic heterocycles. The molecule has 0 aromatic heterocycles. The van der Waals surface area contributed by atoms with Crippen LogP contribution in [0.3, 0.4) is 0 Å². The molecule has 0 fully saturated rings. The summed E-state index contributed by atoms with van der Waals surface area (Å²) in [5, 5.41) is 9.16. The molecule has 19 heavy (non-hydrogen) atoms. The molecule has 102 valence electrons. The fraction of sp³-hybridized carbons (Fsp3) is 0.286. The van der Waals surface area contributed by atoms with Crippen molar-refractivity contribution in [3.8, 4) is 0 Å². The monoisotopic (exact) mass is 263 g/mol. The van der Waals surface area contributed by atoms with Crippen molar-refractivity contribution in [3.05, 3.63) is 47.9 Å². The SMILES string of the molecule is CCOC(=O)/C(=C/O)N(C=O)[C@@H](C)c1ccccc1. The van der Waals surface area contributed by atoms with Crippen molar-refractivity contribution in [1.29, 1.82) is 0 Å². The van der Waals surface area contributed by atoms with Crippen LogP contribution in [-0.2, 0) is 14.3 Å². The zero-order valence-electron chi connectivity index (χ0n) is 10.9. The maximum atomic E-state index is 11.7. The van der Waals surface area contributed by atoms with Crippen LogP contribution in [0, 0.1) is 0 Å². The van der Waals surface area contributed by atoms with Crippen molar-refractivity contribution in [1.82, 2.24) is 4.90 Å². The second kappa shape index (κ2) is 7.20.